The van der Waals surface area contributed by atoms with Gasteiger partial charge in [0.15, 0.2) is 11.9 Å². The molecule has 3 aromatic rings. The number of hydrogen-bond donors (Lipinski definition) is 1. The highest BCUT2D eigenvalue weighted by molar-refractivity contribution is 5.73. The zero-order valence-electron chi connectivity index (χ0n) is 14.5. The summed E-state index contributed by atoms with van der Waals surface area (Å²) in [4.78, 5) is 19.2. The minimum Gasteiger partial charge on any atom is -0.492 e. The molecule has 0 saturated carbocycles. The van der Waals surface area contributed by atoms with E-state index in [1.165, 1.54) is 6.33 Å². The summed E-state index contributed by atoms with van der Waals surface area (Å²) in [6, 6.07) is 9.51. The Morgan fingerprint density at radius 2 is 2.26 bits per heavy atom. The summed E-state index contributed by atoms with van der Waals surface area (Å²) in [5.41, 5.74) is 2.17. The topological polar surface area (TPSA) is 99.4 Å². The lowest BCUT2D eigenvalue weighted by molar-refractivity contribution is -0.145. The van der Waals surface area contributed by atoms with E-state index >= 15 is 0 Å². The van der Waals surface area contributed by atoms with Crippen LogP contribution in [0, 0.1) is 0 Å². The summed E-state index contributed by atoms with van der Waals surface area (Å²) in [6.07, 6.45) is 5.88. The Labute approximate surface area is 155 Å². The van der Waals surface area contributed by atoms with Crippen LogP contribution < -0.4 is 9.47 Å². The van der Waals surface area contributed by atoms with Crippen molar-refractivity contribution < 1.29 is 19.4 Å². The molecule has 1 aromatic carbocycles. The normalized spacial score (nSPS) is 15.6. The zero-order valence-corrected chi connectivity index (χ0v) is 14.5. The lowest BCUT2D eigenvalue weighted by Crippen LogP contribution is -2.30. The molecule has 0 aliphatic carbocycles. The molecule has 1 N–H and O–H groups in total. The van der Waals surface area contributed by atoms with Gasteiger partial charge in [-0.3, -0.25) is 0 Å². The summed E-state index contributed by atoms with van der Waals surface area (Å²) < 4.78 is 12.8. The van der Waals surface area contributed by atoms with Crippen LogP contribution in [0.5, 0.6) is 11.5 Å². The third kappa shape index (κ3) is 3.89. The lowest BCUT2D eigenvalue weighted by atomic mass is 9.99. The fraction of sp³-hybridized carbons (Fsp3) is 0.263. The molecule has 0 spiro atoms. The third-order valence-corrected chi connectivity index (χ3v) is 4.38. The van der Waals surface area contributed by atoms with E-state index in [1.807, 2.05) is 24.3 Å². The molecular weight excluding hydrogens is 348 g/mol. The van der Waals surface area contributed by atoms with Gasteiger partial charge in [-0.05, 0) is 42.2 Å². The molecule has 0 fully saturated rings. The molecule has 1 atom stereocenters. The standard InChI is InChI=1S/C19H18N4O4/c24-19(25)17-5-2-14-9-13(1-4-16(14)27-17)7-8-26-15-3-6-18(21-10-15)23-12-20-11-22-23/h1,3-4,6,9-12,17H,2,5,7-8H2,(H,24,25). The molecule has 0 radical (unpaired) electrons. The number of rotatable bonds is 6. The fourth-order valence-corrected chi connectivity index (χ4v) is 2.98. The average Bonchev–Trinajstić information content (AvgIpc) is 3.23. The van der Waals surface area contributed by atoms with E-state index in [9.17, 15) is 4.79 Å². The third-order valence-electron chi connectivity index (χ3n) is 4.38. The first-order chi connectivity index (χ1) is 13.2. The van der Waals surface area contributed by atoms with E-state index < -0.39 is 12.1 Å². The number of aromatic nitrogens is 4. The van der Waals surface area contributed by atoms with Gasteiger partial charge in [0.05, 0.1) is 12.8 Å². The maximum Gasteiger partial charge on any atom is 0.344 e. The van der Waals surface area contributed by atoms with Crippen LogP contribution in [0.4, 0.5) is 0 Å². The number of benzene rings is 1. The van der Waals surface area contributed by atoms with Crippen LogP contribution in [0.3, 0.4) is 0 Å². The molecule has 0 saturated heterocycles. The van der Waals surface area contributed by atoms with Crippen molar-refractivity contribution in [3.05, 3.63) is 60.3 Å². The smallest absolute Gasteiger partial charge is 0.344 e. The van der Waals surface area contributed by atoms with Crippen molar-refractivity contribution in [1.29, 1.82) is 0 Å². The van der Waals surface area contributed by atoms with E-state index in [2.05, 4.69) is 21.1 Å². The number of aliphatic carboxylic acids is 1. The van der Waals surface area contributed by atoms with Gasteiger partial charge >= 0.3 is 5.97 Å². The van der Waals surface area contributed by atoms with Crippen molar-refractivity contribution in [3.63, 3.8) is 0 Å². The maximum absolute atomic E-state index is 11.0. The van der Waals surface area contributed by atoms with E-state index in [-0.39, 0.29) is 0 Å². The highest BCUT2D eigenvalue weighted by Crippen LogP contribution is 2.28. The van der Waals surface area contributed by atoms with Crippen LogP contribution in [-0.4, -0.2) is 43.5 Å². The number of carboxylic acid groups (broad SMARTS) is 1. The van der Waals surface area contributed by atoms with Gasteiger partial charge in [-0.2, -0.15) is 5.10 Å². The molecule has 1 aliphatic heterocycles. The van der Waals surface area contributed by atoms with Crippen LogP contribution in [0.1, 0.15) is 17.5 Å². The van der Waals surface area contributed by atoms with E-state index in [0.29, 0.717) is 36.8 Å². The van der Waals surface area contributed by atoms with Gasteiger partial charge in [-0.25, -0.2) is 19.4 Å². The molecule has 2 aromatic heterocycles. The molecule has 1 aliphatic rings. The van der Waals surface area contributed by atoms with Gasteiger partial charge in [-0.15, -0.1) is 0 Å². The van der Waals surface area contributed by atoms with Crippen molar-refractivity contribution in [2.24, 2.45) is 0 Å². The largest absolute Gasteiger partial charge is 0.492 e. The maximum atomic E-state index is 11.0. The molecule has 27 heavy (non-hydrogen) atoms. The molecular formula is C19H18N4O4. The average molecular weight is 366 g/mol. The highest BCUT2D eigenvalue weighted by Gasteiger charge is 2.25. The lowest BCUT2D eigenvalue weighted by Gasteiger charge is -2.23. The van der Waals surface area contributed by atoms with E-state index in [1.54, 1.807) is 17.2 Å². The molecule has 4 rings (SSSR count). The number of ether oxygens (including phenoxy) is 2. The predicted molar refractivity (Wildman–Crippen MR) is 95.2 cm³/mol. The van der Waals surface area contributed by atoms with Crippen LogP contribution in [0.25, 0.3) is 5.82 Å². The first-order valence-corrected chi connectivity index (χ1v) is 8.64. The van der Waals surface area contributed by atoms with Gasteiger partial charge in [0, 0.05) is 6.42 Å². The second-order valence-electron chi connectivity index (χ2n) is 6.22. The molecule has 138 valence electrons. The summed E-state index contributed by atoms with van der Waals surface area (Å²) in [6.45, 7) is 0.516. The second-order valence-corrected chi connectivity index (χ2v) is 6.22. The van der Waals surface area contributed by atoms with Crippen molar-refractivity contribution in [2.45, 2.75) is 25.4 Å². The SMILES string of the molecule is O=C(O)C1CCc2cc(CCOc3ccc(-n4cncn4)nc3)ccc2O1. The minimum atomic E-state index is -0.915. The summed E-state index contributed by atoms with van der Waals surface area (Å²) in [5.74, 6) is 1.10. The number of aryl methyl sites for hydroxylation is 1. The van der Waals surface area contributed by atoms with Crippen LogP contribution in [0.15, 0.2) is 49.2 Å². The van der Waals surface area contributed by atoms with Crippen molar-refractivity contribution >= 4 is 5.97 Å². The number of fused-ring (bicyclic) bond motifs is 1. The van der Waals surface area contributed by atoms with Gasteiger partial charge in [0.1, 0.15) is 24.2 Å². The van der Waals surface area contributed by atoms with Gasteiger partial charge in [0.25, 0.3) is 0 Å². The molecule has 8 nitrogen and oxygen atoms in total. The first-order valence-electron chi connectivity index (χ1n) is 8.64. The van der Waals surface area contributed by atoms with Crippen LogP contribution >= 0.6 is 0 Å². The Morgan fingerprint density at radius 1 is 1.33 bits per heavy atom. The summed E-state index contributed by atoms with van der Waals surface area (Å²) in [5, 5.41) is 13.1. The molecule has 1 unspecified atom stereocenters. The van der Waals surface area contributed by atoms with Gasteiger partial charge < -0.3 is 14.6 Å². The van der Waals surface area contributed by atoms with Crippen molar-refractivity contribution in [2.75, 3.05) is 6.61 Å². The molecule has 0 bridgehead atoms. The summed E-state index contributed by atoms with van der Waals surface area (Å²) >= 11 is 0. The molecule has 0 amide bonds. The quantitative estimate of drug-likeness (QED) is 0.713. The van der Waals surface area contributed by atoms with E-state index in [4.69, 9.17) is 14.6 Å². The monoisotopic (exact) mass is 366 g/mol. The van der Waals surface area contributed by atoms with Crippen LogP contribution in [0.2, 0.25) is 0 Å². The Kier molecular flexibility index (Phi) is 4.69. The fourth-order valence-electron chi connectivity index (χ4n) is 2.98. The minimum absolute atomic E-state index is 0.492. The summed E-state index contributed by atoms with van der Waals surface area (Å²) in [7, 11) is 0. The number of carboxylic acids is 1. The number of carbonyl (C=O) groups is 1. The van der Waals surface area contributed by atoms with Crippen molar-refractivity contribution in [1.82, 2.24) is 19.7 Å². The number of hydrogen-bond acceptors (Lipinski definition) is 6. The number of nitrogens with zero attached hydrogens (tertiary/aromatic N) is 4. The Morgan fingerprint density at radius 3 is 3.00 bits per heavy atom. The predicted octanol–water partition coefficient (Wildman–Crippen LogP) is 2.06. The second kappa shape index (κ2) is 7.45. The van der Waals surface area contributed by atoms with Crippen LogP contribution in [-0.2, 0) is 17.6 Å². The Hall–Kier alpha value is -3.42. The number of pyridine rings is 1. The Balaban J connectivity index is 1.32. The zero-order chi connectivity index (χ0) is 18.6. The van der Waals surface area contributed by atoms with Crippen molar-refractivity contribution in [3.8, 4) is 17.3 Å². The van der Waals surface area contributed by atoms with Gasteiger partial charge in [0.2, 0.25) is 0 Å². The van der Waals surface area contributed by atoms with Gasteiger partial charge in [-0.1, -0.05) is 12.1 Å². The Bertz CT molecular complexity index is 925. The van der Waals surface area contributed by atoms with E-state index in [0.717, 1.165) is 17.5 Å². The molecule has 8 heteroatoms. The highest BCUT2D eigenvalue weighted by atomic mass is 16.5. The first kappa shape index (κ1) is 17.0. The molecule has 3 heterocycles.